The molecule has 2 aromatic rings. The quantitative estimate of drug-likeness (QED) is 0.408. The fourth-order valence-corrected chi connectivity index (χ4v) is 4.38. The molecule has 0 radical (unpaired) electrons. The largest absolute Gasteiger partial charge is 0.463 e. The lowest BCUT2D eigenvalue weighted by Crippen LogP contribution is -2.41. The molecule has 0 saturated carbocycles. The predicted octanol–water partition coefficient (Wildman–Crippen LogP) is -1.35. The van der Waals surface area contributed by atoms with Crippen LogP contribution in [0.2, 0.25) is 0 Å². The first-order chi connectivity index (χ1) is 16.6. The maximum Gasteiger partial charge on any atom is 0.330 e. The van der Waals surface area contributed by atoms with Crippen LogP contribution in [0, 0.1) is 0 Å². The summed E-state index contributed by atoms with van der Waals surface area (Å²) in [4.78, 5) is 80.6. The number of rotatable bonds is 6. The molecule has 1 saturated heterocycles. The maximum atomic E-state index is 12.6. The van der Waals surface area contributed by atoms with E-state index >= 15 is 0 Å². The third kappa shape index (κ3) is 5.26. The van der Waals surface area contributed by atoms with Gasteiger partial charge in [-0.05, 0) is 12.8 Å². The molecular weight excluding hydrogens is 466 g/mol. The van der Waals surface area contributed by atoms with Gasteiger partial charge in [-0.15, -0.1) is 0 Å². The van der Waals surface area contributed by atoms with Gasteiger partial charge < -0.3 is 24.1 Å². The second kappa shape index (κ2) is 9.74. The zero-order chi connectivity index (χ0) is 25.3. The molecule has 2 aliphatic rings. The first kappa shape index (κ1) is 24.2. The SMILES string of the molecule is CC(=O)OC[C@H]1O[C@@H](n2cc(CN3CCCc4[nH]c(=O)[nH]c(=O)c43)c(=O)[nH]c2=O)C[C@@H]1OC(C)=O. The zero-order valence-electron chi connectivity index (χ0n) is 19.1. The van der Waals surface area contributed by atoms with Crippen molar-refractivity contribution in [1.29, 1.82) is 0 Å². The van der Waals surface area contributed by atoms with E-state index in [1.165, 1.54) is 24.6 Å². The van der Waals surface area contributed by atoms with E-state index in [9.17, 15) is 28.8 Å². The number of hydrogen-bond donors (Lipinski definition) is 3. The van der Waals surface area contributed by atoms with E-state index < -0.39 is 52.9 Å². The number of aromatic nitrogens is 4. The van der Waals surface area contributed by atoms with Gasteiger partial charge >= 0.3 is 23.3 Å². The molecule has 4 rings (SSSR count). The number of hydrogen-bond acceptors (Lipinski definition) is 10. The molecule has 14 nitrogen and oxygen atoms in total. The molecule has 35 heavy (non-hydrogen) atoms. The van der Waals surface area contributed by atoms with Crippen molar-refractivity contribution in [2.75, 3.05) is 18.1 Å². The van der Waals surface area contributed by atoms with Crippen molar-refractivity contribution in [3.63, 3.8) is 0 Å². The minimum Gasteiger partial charge on any atom is -0.463 e. The van der Waals surface area contributed by atoms with Crippen molar-refractivity contribution in [2.24, 2.45) is 0 Å². The number of aryl methyl sites for hydroxylation is 1. The number of H-pyrrole nitrogens is 3. The summed E-state index contributed by atoms with van der Waals surface area (Å²) < 4.78 is 17.3. The Balaban J connectivity index is 1.62. The molecule has 0 spiro atoms. The fourth-order valence-electron chi connectivity index (χ4n) is 4.38. The summed E-state index contributed by atoms with van der Waals surface area (Å²) in [7, 11) is 0. The van der Waals surface area contributed by atoms with E-state index in [4.69, 9.17) is 14.2 Å². The van der Waals surface area contributed by atoms with Crippen molar-refractivity contribution >= 4 is 17.6 Å². The molecule has 4 heterocycles. The van der Waals surface area contributed by atoms with E-state index in [1.54, 1.807) is 4.90 Å². The highest BCUT2D eigenvalue weighted by molar-refractivity contribution is 5.66. The number of nitrogens with one attached hydrogen (secondary N) is 3. The van der Waals surface area contributed by atoms with Crippen LogP contribution in [0.25, 0.3) is 0 Å². The molecule has 0 aliphatic carbocycles. The highest BCUT2D eigenvalue weighted by atomic mass is 16.6. The van der Waals surface area contributed by atoms with Gasteiger partial charge in [-0.25, -0.2) is 9.59 Å². The molecule has 0 bridgehead atoms. The maximum absolute atomic E-state index is 12.6. The number of nitrogens with zero attached hydrogens (tertiary/aromatic N) is 2. The number of anilines is 1. The Kier molecular flexibility index (Phi) is 6.73. The summed E-state index contributed by atoms with van der Waals surface area (Å²) in [5, 5.41) is 0. The minimum atomic E-state index is -0.906. The van der Waals surface area contributed by atoms with E-state index in [1.807, 2.05) is 0 Å². The van der Waals surface area contributed by atoms with Crippen LogP contribution >= 0.6 is 0 Å². The smallest absolute Gasteiger partial charge is 0.330 e. The van der Waals surface area contributed by atoms with Crippen LogP contribution in [0.3, 0.4) is 0 Å². The highest BCUT2D eigenvalue weighted by Crippen LogP contribution is 2.30. The summed E-state index contributed by atoms with van der Waals surface area (Å²) in [5.74, 6) is -1.10. The normalized spacial score (nSPS) is 21.4. The lowest BCUT2D eigenvalue weighted by Gasteiger charge is -2.29. The van der Waals surface area contributed by atoms with Gasteiger partial charge in [-0.1, -0.05) is 0 Å². The van der Waals surface area contributed by atoms with Crippen LogP contribution in [-0.2, 0) is 36.8 Å². The van der Waals surface area contributed by atoms with E-state index in [2.05, 4.69) is 15.0 Å². The molecule has 0 unspecified atom stereocenters. The Hall–Kier alpha value is -3.94. The highest BCUT2D eigenvalue weighted by Gasteiger charge is 2.40. The van der Waals surface area contributed by atoms with Gasteiger partial charge in [0.2, 0.25) is 0 Å². The monoisotopic (exact) mass is 491 g/mol. The van der Waals surface area contributed by atoms with E-state index in [0.29, 0.717) is 25.1 Å². The molecule has 2 aliphatic heterocycles. The number of aromatic amines is 3. The van der Waals surface area contributed by atoms with Crippen molar-refractivity contribution in [3.05, 3.63) is 59.1 Å². The Labute approximate surface area is 196 Å². The topological polar surface area (TPSA) is 186 Å². The number of carbonyl (C=O) groups excluding carboxylic acids is 2. The molecule has 3 atom stereocenters. The van der Waals surface area contributed by atoms with Gasteiger partial charge in [0.05, 0.1) is 12.1 Å². The molecule has 1 fully saturated rings. The number of fused-ring (bicyclic) bond motifs is 1. The summed E-state index contributed by atoms with van der Waals surface area (Å²) in [6.45, 7) is 2.73. The molecule has 188 valence electrons. The third-order valence-electron chi connectivity index (χ3n) is 5.83. The van der Waals surface area contributed by atoms with Gasteiger partial charge in [0, 0.05) is 38.7 Å². The van der Waals surface area contributed by atoms with E-state index in [0.717, 1.165) is 0 Å². The molecule has 0 amide bonds. The minimum absolute atomic E-state index is 0.00525. The summed E-state index contributed by atoms with van der Waals surface area (Å²) in [6.07, 6.45) is 0.0956. The number of ether oxygens (including phenoxy) is 3. The molecule has 2 aromatic heterocycles. The van der Waals surface area contributed by atoms with Gasteiger partial charge in [0.1, 0.15) is 30.7 Å². The number of carbonyl (C=O) groups is 2. The number of esters is 2. The van der Waals surface area contributed by atoms with Gasteiger partial charge in [0.15, 0.2) is 0 Å². The van der Waals surface area contributed by atoms with Gasteiger partial charge in [0.25, 0.3) is 11.1 Å². The lowest BCUT2D eigenvalue weighted by molar-refractivity contribution is -0.155. The molecule has 14 heteroatoms. The summed E-state index contributed by atoms with van der Waals surface area (Å²) >= 11 is 0. The Morgan fingerprint density at radius 2 is 1.86 bits per heavy atom. The molecule has 3 N–H and O–H groups in total. The van der Waals surface area contributed by atoms with Crippen LogP contribution < -0.4 is 27.4 Å². The summed E-state index contributed by atoms with van der Waals surface area (Å²) in [5.41, 5.74) is -1.62. The van der Waals surface area contributed by atoms with Crippen LogP contribution in [0.4, 0.5) is 5.69 Å². The van der Waals surface area contributed by atoms with Crippen molar-refractivity contribution < 1.29 is 23.8 Å². The first-order valence-electron chi connectivity index (χ1n) is 11.0. The van der Waals surface area contributed by atoms with Crippen LogP contribution in [0.5, 0.6) is 0 Å². The lowest BCUT2D eigenvalue weighted by atomic mass is 10.1. The molecular formula is C21H25N5O9. The van der Waals surface area contributed by atoms with Gasteiger partial charge in [-0.2, -0.15) is 0 Å². The average molecular weight is 491 g/mol. The molecule has 0 aromatic carbocycles. The van der Waals surface area contributed by atoms with Crippen LogP contribution in [0.1, 0.15) is 44.2 Å². The van der Waals surface area contributed by atoms with Crippen LogP contribution in [0.15, 0.2) is 25.4 Å². The Morgan fingerprint density at radius 1 is 1.09 bits per heavy atom. The van der Waals surface area contributed by atoms with Gasteiger partial charge in [-0.3, -0.25) is 33.7 Å². The van der Waals surface area contributed by atoms with E-state index in [-0.39, 0.29) is 30.8 Å². The fraction of sp³-hybridized carbons (Fsp3) is 0.524. The standard InChI is InChI=1S/C21H25N5O9/c1-10(27)33-9-15-14(34-11(2)28)6-16(35-15)26-8-12(18(29)24-21(26)32)7-25-5-3-4-13-17(25)19(30)23-20(31)22-13/h8,14-16H,3-7,9H2,1-2H3,(H,24,29,32)(H2,22,23,30,31)/t14-,15+,16+/m0/s1. The Bertz CT molecular complexity index is 1370. The predicted molar refractivity (Wildman–Crippen MR) is 119 cm³/mol. The second-order valence-electron chi connectivity index (χ2n) is 8.40. The van der Waals surface area contributed by atoms with Crippen molar-refractivity contribution in [3.8, 4) is 0 Å². The van der Waals surface area contributed by atoms with Crippen LogP contribution in [-0.4, -0.2) is 56.8 Å². The second-order valence-corrected chi connectivity index (χ2v) is 8.40. The third-order valence-corrected chi connectivity index (χ3v) is 5.83. The van der Waals surface area contributed by atoms with Crippen molar-refractivity contribution in [1.82, 2.24) is 19.5 Å². The zero-order valence-corrected chi connectivity index (χ0v) is 19.1. The summed E-state index contributed by atoms with van der Waals surface area (Å²) in [6, 6.07) is 0. The average Bonchev–Trinajstić information content (AvgIpc) is 3.15. The van der Waals surface area contributed by atoms with Crippen molar-refractivity contribution in [2.45, 2.75) is 58.1 Å². The first-order valence-corrected chi connectivity index (χ1v) is 11.0. The Morgan fingerprint density at radius 3 is 2.57 bits per heavy atom.